The molecule has 0 aliphatic carbocycles. The fraction of sp³-hybridized carbons (Fsp3) is 0.250. The van der Waals surface area contributed by atoms with E-state index in [1.807, 2.05) is 0 Å². The average molecular weight is 234 g/mol. The van der Waals surface area contributed by atoms with E-state index < -0.39 is 17.8 Å². The maximum Gasteiger partial charge on any atom is 0.336 e. The van der Waals surface area contributed by atoms with Crippen molar-refractivity contribution in [2.75, 3.05) is 6.61 Å². The van der Waals surface area contributed by atoms with Gasteiger partial charge in [0.05, 0.1) is 0 Å². The Morgan fingerprint density at radius 3 is 2.88 bits per heavy atom. The van der Waals surface area contributed by atoms with Gasteiger partial charge in [0, 0.05) is 23.1 Å². The smallest absolute Gasteiger partial charge is 0.336 e. The highest BCUT2D eigenvalue weighted by Crippen LogP contribution is 2.35. The molecule has 17 heavy (non-hydrogen) atoms. The van der Waals surface area contributed by atoms with Crippen LogP contribution in [0.15, 0.2) is 33.5 Å². The first-order chi connectivity index (χ1) is 8.15. The van der Waals surface area contributed by atoms with E-state index >= 15 is 0 Å². The molecule has 5 heteroatoms. The molecule has 0 radical (unpaired) electrons. The maximum atomic E-state index is 11.1. The third kappa shape index (κ3) is 1.60. The third-order valence-electron chi connectivity index (χ3n) is 2.84. The van der Waals surface area contributed by atoms with Crippen LogP contribution >= 0.6 is 0 Å². The zero-order valence-corrected chi connectivity index (χ0v) is 8.79. The van der Waals surface area contributed by atoms with Crippen LogP contribution in [0.4, 0.5) is 0 Å². The maximum absolute atomic E-state index is 11.1. The van der Waals surface area contributed by atoms with Gasteiger partial charge in [-0.25, -0.2) is 4.79 Å². The number of ether oxygens (including phenoxy) is 1. The van der Waals surface area contributed by atoms with E-state index in [9.17, 15) is 15.0 Å². The van der Waals surface area contributed by atoms with Gasteiger partial charge in [0.25, 0.3) is 0 Å². The van der Waals surface area contributed by atoms with Crippen LogP contribution in [0.2, 0.25) is 0 Å². The molecule has 1 aliphatic heterocycles. The lowest BCUT2D eigenvalue weighted by Gasteiger charge is -2.26. The summed E-state index contributed by atoms with van der Waals surface area (Å²) in [6.07, 6.45) is -1.91. The van der Waals surface area contributed by atoms with E-state index in [1.165, 1.54) is 6.07 Å². The van der Waals surface area contributed by atoms with Crippen molar-refractivity contribution in [1.82, 2.24) is 0 Å². The fourth-order valence-corrected chi connectivity index (χ4v) is 1.94. The molecule has 3 rings (SSSR count). The molecule has 0 fully saturated rings. The second kappa shape index (κ2) is 3.58. The molecule has 0 saturated carbocycles. The largest absolute Gasteiger partial charge is 0.490 e. The van der Waals surface area contributed by atoms with E-state index in [0.29, 0.717) is 22.3 Å². The van der Waals surface area contributed by atoms with Crippen molar-refractivity contribution >= 4 is 11.0 Å². The topological polar surface area (TPSA) is 79.9 Å². The van der Waals surface area contributed by atoms with Crippen LogP contribution in [0, 0.1) is 0 Å². The summed E-state index contributed by atoms with van der Waals surface area (Å²) in [7, 11) is 0. The van der Waals surface area contributed by atoms with Gasteiger partial charge in [0.1, 0.15) is 30.1 Å². The second-order valence-electron chi connectivity index (χ2n) is 4.01. The molecule has 0 amide bonds. The Balaban J connectivity index is 2.26. The summed E-state index contributed by atoms with van der Waals surface area (Å²) in [4.78, 5) is 11.1. The van der Waals surface area contributed by atoms with Crippen LogP contribution in [0.25, 0.3) is 11.0 Å². The molecular formula is C12H10O5. The summed E-state index contributed by atoms with van der Waals surface area (Å²) in [5.41, 5.74) is 0.471. The molecule has 5 nitrogen and oxygen atoms in total. The molecule has 0 spiro atoms. The van der Waals surface area contributed by atoms with Crippen LogP contribution < -0.4 is 10.4 Å². The first kappa shape index (κ1) is 10.3. The number of benzene rings is 1. The lowest BCUT2D eigenvalue weighted by molar-refractivity contribution is -0.0254. The average Bonchev–Trinajstić information content (AvgIpc) is 2.32. The van der Waals surface area contributed by atoms with Gasteiger partial charge in [-0.1, -0.05) is 0 Å². The van der Waals surface area contributed by atoms with Crippen LogP contribution in [0.5, 0.6) is 5.75 Å². The van der Waals surface area contributed by atoms with Crippen LogP contribution in [0.1, 0.15) is 11.7 Å². The molecule has 0 bridgehead atoms. The van der Waals surface area contributed by atoms with Crippen molar-refractivity contribution in [3.63, 3.8) is 0 Å². The Morgan fingerprint density at radius 1 is 1.24 bits per heavy atom. The van der Waals surface area contributed by atoms with Gasteiger partial charge in [0.2, 0.25) is 0 Å². The van der Waals surface area contributed by atoms with Gasteiger partial charge in [-0.3, -0.25) is 0 Å². The molecule has 88 valence electrons. The fourth-order valence-electron chi connectivity index (χ4n) is 1.94. The highest BCUT2D eigenvalue weighted by molar-refractivity contribution is 5.79. The number of rotatable bonds is 0. The Bertz CT molecular complexity index is 630. The van der Waals surface area contributed by atoms with E-state index in [0.717, 1.165) is 0 Å². The molecule has 2 heterocycles. The van der Waals surface area contributed by atoms with Crippen molar-refractivity contribution in [2.45, 2.75) is 12.2 Å². The molecule has 1 aromatic carbocycles. The van der Waals surface area contributed by atoms with E-state index in [1.54, 1.807) is 18.2 Å². The molecule has 2 aromatic rings. The molecular weight excluding hydrogens is 224 g/mol. The Kier molecular flexibility index (Phi) is 2.17. The van der Waals surface area contributed by atoms with Crippen LogP contribution in [-0.4, -0.2) is 22.9 Å². The molecule has 2 atom stereocenters. The normalized spacial score (nSPS) is 23.2. The van der Waals surface area contributed by atoms with E-state index in [4.69, 9.17) is 9.15 Å². The second-order valence-corrected chi connectivity index (χ2v) is 4.01. The molecule has 0 saturated heterocycles. The van der Waals surface area contributed by atoms with E-state index in [-0.39, 0.29) is 6.61 Å². The van der Waals surface area contributed by atoms with Crippen molar-refractivity contribution in [3.05, 3.63) is 40.2 Å². The Hall–Kier alpha value is -1.85. The summed E-state index contributed by atoms with van der Waals surface area (Å²) in [5, 5.41) is 20.0. The predicted octanol–water partition coefficient (Wildman–Crippen LogP) is 0.580. The minimum absolute atomic E-state index is 0.0245. The van der Waals surface area contributed by atoms with Crippen molar-refractivity contribution < 1.29 is 19.4 Å². The van der Waals surface area contributed by atoms with Crippen molar-refractivity contribution in [3.8, 4) is 5.75 Å². The monoisotopic (exact) mass is 234 g/mol. The zero-order valence-electron chi connectivity index (χ0n) is 8.79. The number of fused-ring (bicyclic) bond motifs is 2. The molecule has 1 aliphatic rings. The minimum Gasteiger partial charge on any atom is -0.490 e. The number of aliphatic hydroxyl groups excluding tert-OH is 2. The third-order valence-corrected chi connectivity index (χ3v) is 2.84. The van der Waals surface area contributed by atoms with Gasteiger partial charge >= 0.3 is 5.63 Å². The number of hydrogen-bond donors (Lipinski definition) is 2. The Morgan fingerprint density at radius 2 is 2.06 bits per heavy atom. The lowest BCUT2D eigenvalue weighted by Crippen LogP contribution is -2.30. The Labute approximate surface area is 95.9 Å². The molecule has 2 N–H and O–H groups in total. The summed E-state index contributed by atoms with van der Waals surface area (Å²) in [6, 6.07) is 6.12. The van der Waals surface area contributed by atoms with Crippen molar-refractivity contribution in [1.29, 1.82) is 0 Å². The van der Waals surface area contributed by atoms with Gasteiger partial charge in [-0.15, -0.1) is 0 Å². The van der Waals surface area contributed by atoms with Gasteiger partial charge in [0.15, 0.2) is 0 Å². The molecule has 1 aromatic heterocycles. The highest BCUT2D eigenvalue weighted by Gasteiger charge is 2.28. The van der Waals surface area contributed by atoms with Gasteiger partial charge < -0.3 is 19.4 Å². The summed E-state index contributed by atoms with van der Waals surface area (Å²) < 4.78 is 10.3. The quantitative estimate of drug-likeness (QED) is 0.652. The zero-order chi connectivity index (χ0) is 12.0. The first-order valence-corrected chi connectivity index (χ1v) is 5.22. The molecule has 0 unspecified atom stereocenters. The minimum atomic E-state index is -0.977. The summed E-state index contributed by atoms with van der Waals surface area (Å²) >= 11 is 0. The summed E-state index contributed by atoms with van der Waals surface area (Å²) in [5.74, 6) is 0.435. The predicted molar refractivity (Wildman–Crippen MR) is 58.9 cm³/mol. The SMILES string of the molecule is O=c1ccc2cc3c(cc2o1)OC[C@H](O)[C@H]3O. The number of hydrogen-bond acceptors (Lipinski definition) is 5. The van der Waals surface area contributed by atoms with Gasteiger partial charge in [-0.2, -0.15) is 0 Å². The highest BCUT2D eigenvalue weighted by atomic mass is 16.5. The standard InChI is InChI=1S/C12H10O5/c13-8-5-16-10-4-9-6(1-2-11(14)17-9)3-7(10)12(8)15/h1-4,8,12-13,15H,5H2/t8-,12-/m0/s1. The number of aliphatic hydroxyl groups is 2. The first-order valence-electron chi connectivity index (χ1n) is 5.22. The van der Waals surface area contributed by atoms with E-state index in [2.05, 4.69) is 0 Å². The van der Waals surface area contributed by atoms with Gasteiger partial charge in [-0.05, 0) is 12.1 Å². The summed E-state index contributed by atoms with van der Waals surface area (Å²) in [6.45, 7) is 0.0245. The van der Waals surface area contributed by atoms with Crippen LogP contribution in [0.3, 0.4) is 0 Å². The van der Waals surface area contributed by atoms with Crippen molar-refractivity contribution in [2.24, 2.45) is 0 Å². The van der Waals surface area contributed by atoms with Crippen LogP contribution in [-0.2, 0) is 0 Å². The lowest BCUT2D eigenvalue weighted by atomic mass is 9.99.